The average molecular weight is 281 g/mol. The van der Waals surface area contributed by atoms with E-state index in [1.165, 1.54) is 7.11 Å². The van der Waals surface area contributed by atoms with Crippen LogP contribution in [-0.4, -0.2) is 52.9 Å². The summed E-state index contributed by atoms with van der Waals surface area (Å²) in [5.74, 6) is -0.212. The van der Waals surface area contributed by atoms with Crippen LogP contribution in [0.1, 0.15) is 19.8 Å². The van der Waals surface area contributed by atoms with Crippen LogP contribution < -0.4 is 15.8 Å². The summed E-state index contributed by atoms with van der Waals surface area (Å²) in [6, 6.07) is 0. The van der Waals surface area contributed by atoms with Gasteiger partial charge in [-0.2, -0.15) is 0 Å². The zero-order valence-electron chi connectivity index (χ0n) is 10.9. The Labute approximate surface area is 108 Å². The quantitative estimate of drug-likeness (QED) is 0.435. The fourth-order valence-electron chi connectivity index (χ4n) is 1.32. The molecule has 0 aliphatic rings. The molecule has 108 valence electrons. The highest BCUT2D eigenvalue weighted by Crippen LogP contribution is 2.01. The number of hydrogen-bond acceptors (Lipinski definition) is 5. The minimum absolute atomic E-state index is 0.0753. The molecule has 0 aromatic rings. The second-order valence-corrected chi connectivity index (χ2v) is 5.84. The first-order valence-corrected chi connectivity index (χ1v) is 7.46. The van der Waals surface area contributed by atoms with Crippen molar-refractivity contribution in [2.24, 2.45) is 5.73 Å². The van der Waals surface area contributed by atoms with Gasteiger partial charge in [-0.15, -0.1) is 0 Å². The van der Waals surface area contributed by atoms with Crippen LogP contribution in [-0.2, 0) is 19.6 Å². The van der Waals surface area contributed by atoms with Gasteiger partial charge in [-0.3, -0.25) is 4.79 Å². The van der Waals surface area contributed by atoms with Gasteiger partial charge in [-0.05, 0) is 6.42 Å². The Hall–Kier alpha value is -0.700. The van der Waals surface area contributed by atoms with Crippen LogP contribution >= 0.6 is 0 Å². The summed E-state index contributed by atoms with van der Waals surface area (Å²) in [4.78, 5) is 11.3. The molecule has 0 aromatic carbocycles. The Balaban J connectivity index is 3.92. The molecule has 0 heterocycles. The van der Waals surface area contributed by atoms with E-state index in [1.807, 2.05) is 0 Å². The molecule has 0 aliphatic carbocycles. The highest BCUT2D eigenvalue weighted by atomic mass is 32.2. The highest BCUT2D eigenvalue weighted by molar-refractivity contribution is 7.90. The summed E-state index contributed by atoms with van der Waals surface area (Å²) in [6.45, 7) is 2.77. The first-order chi connectivity index (χ1) is 8.47. The fraction of sp³-hybridized carbons (Fsp3) is 0.900. The SMILES string of the molecule is CCC(CN)S(=O)(=O)NCCC(=O)NCCOC. The third kappa shape index (κ3) is 6.90. The summed E-state index contributed by atoms with van der Waals surface area (Å²) < 4.78 is 30.5. The van der Waals surface area contributed by atoms with E-state index >= 15 is 0 Å². The second-order valence-electron chi connectivity index (χ2n) is 3.80. The maximum Gasteiger partial charge on any atom is 0.221 e. The lowest BCUT2D eigenvalue weighted by Crippen LogP contribution is -2.40. The smallest absolute Gasteiger partial charge is 0.221 e. The van der Waals surface area contributed by atoms with Crippen LogP contribution in [0.5, 0.6) is 0 Å². The number of ether oxygens (including phenoxy) is 1. The average Bonchev–Trinajstić information content (AvgIpc) is 2.30. The van der Waals surface area contributed by atoms with E-state index in [-0.39, 0.29) is 25.4 Å². The Bertz CT molecular complexity index is 328. The summed E-state index contributed by atoms with van der Waals surface area (Å²) in [6.07, 6.45) is 0.551. The monoisotopic (exact) mass is 281 g/mol. The zero-order valence-corrected chi connectivity index (χ0v) is 11.8. The van der Waals surface area contributed by atoms with Crippen molar-refractivity contribution in [3.05, 3.63) is 0 Å². The topological polar surface area (TPSA) is 111 Å². The molecule has 1 atom stereocenters. The largest absolute Gasteiger partial charge is 0.383 e. The molecule has 0 aromatic heterocycles. The van der Waals surface area contributed by atoms with Gasteiger partial charge >= 0.3 is 0 Å². The number of rotatable bonds is 10. The molecule has 1 unspecified atom stereocenters. The summed E-state index contributed by atoms with van der Waals surface area (Å²) >= 11 is 0. The van der Waals surface area contributed by atoms with Gasteiger partial charge in [0, 0.05) is 33.2 Å². The van der Waals surface area contributed by atoms with Crippen molar-refractivity contribution in [1.29, 1.82) is 0 Å². The standard InChI is InChI=1S/C10H23N3O4S/c1-3-9(8-11)18(15,16)13-5-4-10(14)12-6-7-17-2/h9,13H,3-8,11H2,1-2H3,(H,12,14). The maximum absolute atomic E-state index is 11.7. The molecule has 0 fully saturated rings. The molecule has 7 nitrogen and oxygen atoms in total. The van der Waals surface area contributed by atoms with Gasteiger partial charge in [0.15, 0.2) is 0 Å². The minimum Gasteiger partial charge on any atom is -0.383 e. The van der Waals surface area contributed by atoms with Gasteiger partial charge in [-0.25, -0.2) is 13.1 Å². The number of nitrogens with one attached hydrogen (secondary N) is 2. The number of carbonyl (C=O) groups is 1. The predicted molar refractivity (Wildman–Crippen MR) is 69.6 cm³/mol. The van der Waals surface area contributed by atoms with Crippen LogP contribution in [0.15, 0.2) is 0 Å². The second kappa shape index (κ2) is 9.26. The van der Waals surface area contributed by atoms with Gasteiger partial charge in [0.25, 0.3) is 0 Å². The molecule has 0 rings (SSSR count). The molecule has 0 aliphatic heterocycles. The first-order valence-electron chi connectivity index (χ1n) is 5.92. The minimum atomic E-state index is -3.42. The van der Waals surface area contributed by atoms with E-state index in [0.29, 0.717) is 19.6 Å². The van der Waals surface area contributed by atoms with Crippen molar-refractivity contribution in [3.8, 4) is 0 Å². The number of carbonyl (C=O) groups excluding carboxylic acids is 1. The Kier molecular flexibility index (Phi) is 8.90. The summed E-state index contributed by atoms with van der Waals surface area (Å²) in [5, 5.41) is 2.00. The summed E-state index contributed by atoms with van der Waals surface area (Å²) in [7, 11) is -1.88. The number of amides is 1. The molecule has 1 amide bonds. The predicted octanol–water partition coefficient (Wildman–Crippen LogP) is -1.20. The van der Waals surface area contributed by atoms with E-state index in [4.69, 9.17) is 10.5 Å². The van der Waals surface area contributed by atoms with E-state index in [1.54, 1.807) is 6.92 Å². The van der Waals surface area contributed by atoms with Crippen molar-refractivity contribution in [2.45, 2.75) is 25.0 Å². The van der Waals surface area contributed by atoms with E-state index in [2.05, 4.69) is 10.0 Å². The molecular formula is C10H23N3O4S. The van der Waals surface area contributed by atoms with Gasteiger partial charge in [0.2, 0.25) is 15.9 Å². The van der Waals surface area contributed by atoms with Crippen molar-refractivity contribution >= 4 is 15.9 Å². The Morgan fingerprint density at radius 2 is 2.06 bits per heavy atom. The molecule has 18 heavy (non-hydrogen) atoms. The molecule has 0 bridgehead atoms. The molecule has 4 N–H and O–H groups in total. The van der Waals surface area contributed by atoms with Crippen molar-refractivity contribution in [3.63, 3.8) is 0 Å². The van der Waals surface area contributed by atoms with E-state index in [0.717, 1.165) is 0 Å². The van der Waals surface area contributed by atoms with Crippen LogP contribution in [0.25, 0.3) is 0 Å². The van der Waals surface area contributed by atoms with Crippen LogP contribution in [0, 0.1) is 0 Å². The van der Waals surface area contributed by atoms with Crippen molar-refractivity contribution in [1.82, 2.24) is 10.0 Å². The zero-order chi connectivity index (χ0) is 14.0. The van der Waals surface area contributed by atoms with Gasteiger partial charge in [0.1, 0.15) is 0 Å². The van der Waals surface area contributed by atoms with Crippen molar-refractivity contribution in [2.75, 3.05) is 33.4 Å². The summed E-state index contributed by atoms with van der Waals surface area (Å²) in [5.41, 5.74) is 5.37. The number of hydrogen-bond donors (Lipinski definition) is 3. The lowest BCUT2D eigenvalue weighted by Gasteiger charge is -2.14. The van der Waals surface area contributed by atoms with Gasteiger partial charge in [-0.1, -0.05) is 6.92 Å². The van der Waals surface area contributed by atoms with Gasteiger partial charge in [0.05, 0.1) is 11.9 Å². The van der Waals surface area contributed by atoms with Crippen LogP contribution in [0.2, 0.25) is 0 Å². The normalized spacial score (nSPS) is 13.3. The molecule has 0 spiro atoms. The lowest BCUT2D eigenvalue weighted by molar-refractivity contribution is -0.121. The molecule has 0 saturated heterocycles. The number of nitrogens with two attached hydrogens (primary N) is 1. The molecule has 8 heteroatoms. The van der Waals surface area contributed by atoms with Crippen molar-refractivity contribution < 1.29 is 17.9 Å². The third-order valence-corrected chi connectivity index (χ3v) is 4.45. The molecule has 0 saturated carbocycles. The number of sulfonamides is 1. The van der Waals surface area contributed by atoms with Gasteiger partial charge < -0.3 is 15.8 Å². The lowest BCUT2D eigenvalue weighted by atomic mass is 10.3. The maximum atomic E-state index is 11.7. The van der Waals surface area contributed by atoms with Crippen LogP contribution in [0.4, 0.5) is 0 Å². The Morgan fingerprint density at radius 3 is 2.56 bits per heavy atom. The highest BCUT2D eigenvalue weighted by Gasteiger charge is 2.21. The van der Waals surface area contributed by atoms with E-state index < -0.39 is 15.3 Å². The third-order valence-electron chi connectivity index (χ3n) is 2.44. The fourth-order valence-corrected chi connectivity index (χ4v) is 2.63. The molecule has 0 radical (unpaired) electrons. The molecular weight excluding hydrogens is 258 g/mol. The first kappa shape index (κ1) is 17.3. The van der Waals surface area contributed by atoms with E-state index in [9.17, 15) is 13.2 Å². The van der Waals surface area contributed by atoms with Crippen LogP contribution in [0.3, 0.4) is 0 Å². The Morgan fingerprint density at radius 1 is 1.39 bits per heavy atom. The number of methoxy groups -OCH3 is 1.